The molecule has 4 nitrogen and oxygen atoms in total. The van der Waals surface area contributed by atoms with E-state index >= 15 is 0 Å². The number of benzene rings is 1. The lowest BCUT2D eigenvalue weighted by molar-refractivity contribution is 0.199. The zero-order valence-electron chi connectivity index (χ0n) is 11.6. The van der Waals surface area contributed by atoms with Gasteiger partial charge in [-0.3, -0.25) is 0 Å². The fourth-order valence-electron chi connectivity index (χ4n) is 2.06. The van der Waals surface area contributed by atoms with Gasteiger partial charge >= 0.3 is 0 Å². The van der Waals surface area contributed by atoms with Crippen LogP contribution in [0.15, 0.2) is 18.2 Å². The summed E-state index contributed by atoms with van der Waals surface area (Å²) >= 11 is 0. The molecule has 1 aromatic rings. The fourth-order valence-corrected chi connectivity index (χ4v) is 2.06. The third kappa shape index (κ3) is 4.55. The van der Waals surface area contributed by atoms with Crippen LogP contribution in [0.1, 0.15) is 43.4 Å². The van der Waals surface area contributed by atoms with Gasteiger partial charge in [-0.2, -0.15) is 5.26 Å². The van der Waals surface area contributed by atoms with Crippen molar-refractivity contribution in [2.24, 2.45) is 0 Å². The lowest BCUT2D eigenvalue weighted by atomic mass is 10.0. The second-order valence-corrected chi connectivity index (χ2v) is 4.77. The highest BCUT2D eigenvalue weighted by atomic mass is 16.3. The number of nitrogens with zero attached hydrogens (tertiary/aromatic N) is 2. The van der Waals surface area contributed by atoms with Gasteiger partial charge in [-0.15, -0.1) is 0 Å². The van der Waals surface area contributed by atoms with Crippen molar-refractivity contribution in [3.8, 4) is 6.07 Å². The Labute approximate surface area is 114 Å². The minimum atomic E-state index is -0.553. The molecule has 4 heteroatoms. The summed E-state index contributed by atoms with van der Waals surface area (Å²) in [5, 5.41) is 27.5. The van der Waals surface area contributed by atoms with Crippen molar-refractivity contribution in [1.82, 2.24) is 0 Å². The van der Waals surface area contributed by atoms with Crippen molar-refractivity contribution in [2.75, 3.05) is 25.1 Å². The maximum absolute atomic E-state index is 9.78. The first-order valence-corrected chi connectivity index (χ1v) is 6.64. The SMILES string of the molecule is CC(O)c1ccc(C#N)cc1N(C)CCCCCO. The molecule has 1 rings (SSSR count). The van der Waals surface area contributed by atoms with Crippen molar-refractivity contribution in [3.63, 3.8) is 0 Å². The molecule has 0 fully saturated rings. The minimum Gasteiger partial charge on any atom is -0.396 e. The summed E-state index contributed by atoms with van der Waals surface area (Å²) in [5.74, 6) is 0. The van der Waals surface area contributed by atoms with E-state index in [0.29, 0.717) is 5.56 Å². The molecule has 0 bridgehead atoms. The molecule has 1 atom stereocenters. The molecule has 0 saturated carbocycles. The van der Waals surface area contributed by atoms with Crippen molar-refractivity contribution >= 4 is 5.69 Å². The molecular formula is C15H22N2O2. The van der Waals surface area contributed by atoms with Gasteiger partial charge in [-0.25, -0.2) is 0 Å². The number of aliphatic hydroxyl groups excluding tert-OH is 2. The predicted octanol–water partition coefficient (Wildman–Crippen LogP) is 2.21. The zero-order valence-corrected chi connectivity index (χ0v) is 11.6. The maximum Gasteiger partial charge on any atom is 0.0992 e. The van der Waals surface area contributed by atoms with E-state index in [1.54, 1.807) is 13.0 Å². The predicted molar refractivity (Wildman–Crippen MR) is 76.0 cm³/mol. The Kier molecular flexibility index (Phi) is 6.34. The molecule has 0 aliphatic rings. The summed E-state index contributed by atoms with van der Waals surface area (Å²) in [7, 11) is 1.96. The highest BCUT2D eigenvalue weighted by Crippen LogP contribution is 2.27. The van der Waals surface area contributed by atoms with Crippen LogP contribution in [-0.4, -0.2) is 30.4 Å². The van der Waals surface area contributed by atoms with Gasteiger partial charge in [0.15, 0.2) is 0 Å². The van der Waals surface area contributed by atoms with Crippen LogP contribution in [0.3, 0.4) is 0 Å². The molecule has 2 N–H and O–H groups in total. The average molecular weight is 262 g/mol. The molecule has 0 aliphatic heterocycles. The Hall–Kier alpha value is -1.57. The summed E-state index contributed by atoms with van der Waals surface area (Å²) in [4.78, 5) is 2.06. The molecular weight excluding hydrogens is 240 g/mol. The molecule has 0 spiro atoms. The first kappa shape index (κ1) is 15.5. The van der Waals surface area contributed by atoms with Gasteiger partial charge in [-0.1, -0.05) is 6.07 Å². The van der Waals surface area contributed by atoms with Crippen LogP contribution in [0, 0.1) is 11.3 Å². The van der Waals surface area contributed by atoms with Crippen molar-refractivity contribution < 1.29 is 10.2 Å². The van der Waals surface area contributed by atoms with Gasteiger partial charge in [0.2, 0.25) is 0 Å². The smallest absolute Gasteiger partial charge is 0.0992 e. The van der Waals surface area contributed by atoms with Crippen molar-refractivity contribution in [3.05, 3.63) is 29.3 Å². The van der Waals surface area contributed by atoms with Gasteiger partial charge in [0.05, 0.1) is 17.7 Å². The zero-order chi connectivity index (χ0) is 14.3. The first-order valence-electron chi connectivity index (χ1n) is 6.64. The van der Waals surface area contributed by atoms with Crippen LogP contribution in [0.2, 0.25) is 0 Å². The van der Waals surface area contributed by atoms with Gasteiger partial charge in [-0.05, 0) is 38.3 Å². The molecule has 0 amide bonds. The number of anilines is 1. The van der Waals surface area contributed by atoms with E-state index < -0.39 is 6.10 Å². The van der Waals surface area contributed by atoms with Crippen LogP contribution < -0.4 is 4.90 Å². The van der Waals surface area contributed by atoms with E-state index in [4.69, 9.17) is 10.4 Å². The first-order chi connectivity index (χ1) is 9.10. The third-order valence-corrected chi connectivity index (χ3v) is 3.17. The molecule has 19 heavy (non-hydrogen) atoms. The number of hydrogen-bond acceptors (Lipinski definition) is 4. The van der Waals surface area contributed by atoms with Gasteiger partial charge in [0, 0.05) is 31.5 Å². The van der Waals surface area contributed by atoms with E-state index in [2.05, 4.69) is 11.0 Å². The summed E-state index contributed by atoms with van der Waals surface area (Å²) in [6.07, 6.45) is 2.22. The summed E-state index contributed by atoms with van der Waals surface area (Å²) in [6, 6.07) is 7.47. The van der Waals surface area contributed by atoms with E-state index in [-0.39, 0.29) is 6.61 Å². The Balaban J connectivity index is 2.81. The molecule has 0 aromatic heterocycles. The van der Waals surface area contributed by atoms with E-state index in [0.717, 1.165) is 37.1 Å². The maximum atomic E-state index is 9.78. The van der Waals surface area contributed by atoms with E-state index in [1.807, 2.05) is 19.2 Å². The second-order valence-electron chi connectivity index (χ2n) is 4.77. The Morgan fingerprint density at radius 2 is 2.05 bits per heavy atom. The normalized spacial score (nSPS) is 11.9. The molecule has 0 heterocycles. The number of nitriles is 1. The highest BCUT2D eigenvalue weighted by molar-refractivity contribution is 5.58. The number of hydrogen-bond donors (Lipinski definition) is 2. The summed E-state index contributed by atoms with van der Waals surface area (Å²) < 4.78 is 0. The summed E-state index contributed by atoms with van der Waals surface area (Å²) in [6.45, 7) is 2.80. The van der Waals surface area contributed by atoms with Crippen LogP contribution in [0.4, 0.5) is 5.69 Å². The molecule has 0 radical (unpaired) electrons. The topological polar surface area (TPSA) is 67.5 Å². The second kappa shape index (κ2) is 7.78. The highest BCUT2D eigenvalue weighted by Gasteiger charge is 2.12. The Bertz CT molecular complexity index is 438. The standard InChI is InChI=1S/C15H22N2O2/c1-12(19)14-7-6-13(11-16)10-15(14)17(2)8-4-3-5-9-18/h6-7,10,12,18-19H,3-5,8-9H2,1-2H3. The lowest BCUT2D eigenvalue weighted by Gasteiger charge is -2.24. The van der Waals surface area contributed by atoms with Crippen LogP contribution >= 0.6 is 0 Å². The lowest BCUT2D eigenvalue weighted by Crippen LogP contribution is -2.20. The Morgan fingerprint density at radius 3 is 2.63 bits per heavy atom. The fraction of sp³-hybridized carbons (Fsp3) is 0.533. The number of unbranched alkanes of at least 4 members (excludes halogenated alkanes) is 2. The summed E-state index contributed by atoms with van der Waals surface area (Å²) in [5.41, 5.74) is 2.34. The van der Waals surface area contributed by atoms with Crippen molar-refractivity contribution in [2.45, 2.75) is 32.3 Å². The molecule has 0 saturated heterocycles. The molecule has 1 unspecified atom stereocenters. The Morgan fingerprint density at radius 1 is 1.32 bits per heavy atom. The van der Waals surface area contributed by atoms with Gasteiger partial charge < -0.3 is 15.1 Å². The van der Waals surface area contributed by atoms with E-state index in [9.17, 15) is 5.11 Å². The minimum absolute atomic E-state index is 0.229. The average Bonchev–Trinajstić information content (AvgIpc) is 2.42. The molecule has 1 aromatic carbocycles. The van der Waals surface area contributed by atoms with Crippen LogP contribution in [0.5, 0.6) is 0 Å². The molecule has 104 valence electrons. The quantitative estimate of drug-likeness (QED) is 0.739. The van der Waals surface area contributed by atoms with Crippen LogP contribution in [-0.2, 0) is 0 Å². The largest absolute Gasteiger partial charge is 0.396 e. The monoisotopic (exact) mass is 262 g/mol. The van der Waals surface area contributed by atoms with Gasteiger partial charge in [0.25, 0.3) is 0 Å². The van der Waals surface area contributed by atoms with Crippen molar-refractivity contribution in [1.29, 1.82) is 5.26 Å². The van der Waals surface area contributed by atoms with Crippen LogP contribution in [0.25, 0.3) is 0 Å². The number of aliphatic hydroxyl groups is 2. The molecule has 0 aliphatic carbocycles. The third-order valence-electron chi connectivity index (χ3n) is 3.17. The number of rotatable bonds is 7. The van der Waals surface area contributed by atoms with Gasteiger partial charge in [0.1, 0.15) is 0 Å². The van der Waals surface area contributed by atoms with E-state index in [1.165, 1.54) is 0 Å².